The number of hydrogen-bond acceptors (Lipinski definition) is 0. The number of halogens is 3. The van der Waals surface area contributed by atoms with E-state index in [2.05, 4.69) is 22.5 Å². The molecule has 0 heterocycles. The van der Waals surface area contributed by atoms with E-state index < -0.39 is 0 Å². The summed E-state index contributed by atoms with van der Waals surface area (Å²) in [5, 5.41) is 0.609. The molecule has 0 nitrogen and oxygen atoms in total. The predicted octanol–water partition coefficient (Wildman–Crippen LogP) is 3.81. The molecule has 0 unspecified atom stereocenters. The van der Waals surface area contributed by atoms with Gasteiger partial charge in [0.1, 0.15) is 0 Å². The summed E-state index contributed by atoms with van der Waals surface area (Å²) in [5.74, 6) is 0. The maximum Gasteiger partial charge on any atom is 0.0300 e. The lowest BCUT2D eigenvalue weighted by Gasteiger charge is -1.93. The predicted molar refractivity (Wildman–Crippen MR) is 46.8 cm³/mol. The highest BCUT2D eigenvalue weighted by Gasteiger charge is 1.92. The Morgan fingerprint density at radius 3 is 2.56 bits per heavy atom. The zero-order valence-corrected chi connectivity index (χ0v) is 7.80. The van der Waals surface area contributed by atoms with Crippen LogP contribution in [0.25, 0.3) is 0 Å². The van der Waals surface area contributed by atoms with Crippen molar-refractivity contribution in [1.82, 2.24) is 0 Å². The summed E-state index contributed by atoms with van der Waals surface area (Å²) in [5.41, 5.74) is 1.34. The maximum absolute atomic E-state index is 5.55. The Balaban J connectivity index is 3.39. The van der Waals surface area contributed by atoms with Crippen molar-refractivity contribution in [3.8, 4) is 0 Å². The summed E-state index contributed by atoms with van der Waals surface area (Å²) in [7, 11) is 0. The smallest absolute Gasteiger partial charge is 0.0300 e. The largest absolute Gasteiger partial charge is 0.0917 e. The van der Waals surface area contributed by atoms with Crippen LogP contribution in [-0.4, -0.2) is 0 Å². The molecule has 0 aromatic carbocycles. The third-order valence-electron chi connectivity index (χ3n) is 0.637. The first-order valence-corrected chi connectivity index (χ1v) is 3.90. The average molecular weight is 229 g/mol. The van der Waals surface area contributed by atoms with E-state index in [9.17, 15) is 0 Å². The fourth-order valence-corrected chi connectivity index (χ4v) is 0.581. The van der Waals surface area contributed by atoms with Gasteiger partial charge in [0.2, 0.25) is 0 Å². The molecule has 3 heteroatoms. The molecule has 51 valence electrons. The first-order valence-electron chi connectivity index (χ1n) is 2.29. The number of hydrogen-bond donors (Lipinski definition) is 0. The van der Waals surface area contributed by atoms with E-state index in [1.54, 1.807) is 0 Å². The second-order valence-corrected chi connectivity index (χ2v) is 3.13. The van der Waals surface area contributed by atoms with Gasteiger partial charge in [0.25, 0.3) is 0 Å². The molecule has 9 heavy (non-hydrogen) atoms. The first kappa shape index (κ1) is 9.54. The molecule has 0 aliphatic carbocycles. The second-order valence-electron chi connectivity index (χ2n) is 1.41. The Morgan fingerprint density at radius 2 is 2.22 bits per heavy atom. The topological polar surface area (TPSA) is 0 Å². The third-order valence-corrected chi connectivity index (χ3v) is 1.60. The highest BCUT2D eigenvalue weighted by Crippen LogP contribution is 2.16. The van der Waals surface area contributed by atoms with E-state index in [-0.39, 0.29) is 0 Å². The fraction of sp³-hybridized carbons (Fsp3) is 0.167. The summed E-state index contributed by atoms with van der Waals surface area (Å²) < 4.78 is 0.819. The molecule has 0 fully saturated rings. The van der Waals surface area contributed by atoms with Crippen LogP contribution < -0.4 is 0 Å². The van der Waals surface area contributed by atoms with Gasteiger partial charge in [0.05, 0.1) is 0 Å². The highest BCUT2D eigenvalue weighted by molar-refractivity contribution is 9.11. The Morgan fingerprint density at radius 1 is 1.67 bits per heavy atom. The summed E-state index contributed by atoms with van der Waals surface area (Å²) in [6.45, 7) is 3.59. The molecule has 0 aliphatic rings. The Labute approximate surface area is 73.7 Å². The van der Waals surface area contributed by atoms with E-state index in [1.165, 1.54) is 5.54 Å². The van der Waals surface area contributed by atoms with Crippen molar-refractivity contribution in [1.29, 1.82) is 0 Å². The molecular weight excluding hydrogens is 223 g/mol. The molecule has 0 atom stereocenters. The SMILES string of the molecule is C=C(Br)[CH]CC(Cl)=CCl. The van der Waals surface area contributed by atoms with Crippen molar-refractivity contribution in [2.45, 2.75) is 6.42 Å². The van der Waals surface area contributed by atoms with E-state index >= 15 is 0 Å². The van der Waals surface area contributed by atoms with Gasteiger partial charge in [-0.05, 0) is 10.9 Å². The van der Waals surface area contributed by atoms with Crippen molar-refractivity contribution in [2.24, 2.45) is 0 Å². The Bertz CT molecular complexity index is 129. The van der Waals surface area contributed by atoms with Gasteiger partial charge >= 0.3 is 0 Å². The van der Waals surface area contributed by atoms with Gasteiger partial charge in [0.15, 0.2) is 0 Å². The van der Waals surface area contributed by atoms with Gasteiger partial charge in [-0.15, -0.1) is 0 Å². The van der Waals surface area contributed by atoms with Crippen molar-refractivity contribution in [2.75, 3.05) is 0 Å². The lowest BCUT2D eigenvalue weighted by atomic mass is 10.3. The summed E-state index contributed by atoms with van der Waals surface area (Å²) in [4.78, 5) is 0. The average Bonchev–Trinajstić information content (AvgIpc) is 1.83. The summed E-state index contributed by atoms with van der Waals surface area (Å²) in [6, 6.07) is 0. The van der Waals surface area contributed by atoms with Gasteiger partial charge in [-0.3, -0.25) is 0 Å². The van der Waals surface area contributed by atoms with Crippen LogP contribution in [0.1, 0.15) is 6.42 Å². The van der Waals surface area contributed by atoms with Gasteiger partial charge in [-0.1, -0.05) is 45.7 Å². The van der Waals surface area contributed by atoms with Crippen LogP contribution in [0.3, 0.4) is 0 Å². The minimum absolute atomic E-state index is 0.609. The zero-order valence-electron chi connectivity index (χ0n) is 4.70. The number of rotatable bonds is 3. The molecule has 0 N–H and O–H groups in total. The highest BCUT2D eigenvalue weighted by atomic mass is 79.9. The van der Waals surface area contributed by atoms with E-state index in [1.807, 2.05) is 6.42 Å². The van der Waals surface area contributed by atoms with E-state index in [4.69, 9.17) is 23.2 Å². The van der Waals surface area contributed by atoms with Crippen LogP contribution in [0.15, 0.2) is 21.6 Å². The van der Waals surface area contributed by atoms with Crippen LogP contribution in [0, 0.1) is 6.42 Å². The normalized spacial score (nSPS) is 11.7. The van der Waals surface area contributed by atoms with Gasteiger partial charge in [-0.2, -0.15) is 0 Å². The molecule has 0 rings (SSSR count). The summed E-state index contributed by atoms with van der Waals surface area (Å²) in [6.07, 6.45) is 2.47. The number of allylic oxidation sites excluding steroid dienone is 2. The van der Waals surface area contributed by atoms with Crippen LogP contribution in [0.5, 0.6) is 0 Å². The van der Waals surface area contributed by atoms with Gasteiger partial charge in [-0.25, -0.2) is 0 Å². The zero-order chi connectivity index (χ0) is 7.28. The van der Waals surface area contributed by atoms with E-state index in [0.29, 0.717) is 11.5 Å². The van der Waals surface area contributed by atoms with Crippen LogP contribution in [-0.2, 0) is 0 Å². The summed E-state index contributed by atoms with van der Waals surface area (Å²) >= 11 is 14.0. The maximum atomic E-state index is 5.55. The van der Waals surface area contributed by atoms with Gasteiger partial charge in [0, 0.05) is 17.0 Å². The molecule has 0 aromatic rings. The molecule has 0 amide bonds. The lowest BCUT2D eigenvalue weighted by molar-refractivity contribution is 1.26. The Kier molecular flexibility index (Phi) is 5.65. The molecule has 0 saturated heterocycles. The molecule has 1 radical (unpaired) electrons. The quantitative estimate of drug-likeness (QED) is 0.690. The van der Waals surface area contributed by atoms with Crippen LogP contribution in [0.4, 0.5) is 0 Å². The van der Waals surface area contributed by atoms with Crippen molar-refractivity contribution in [3.05, 3.63) is 28.0 Å². The minimum Gasteiger partial charge on any atom is -0.0917 e. The second kappa shape index (κ2) is 5.33. The Hall–Kier alpha value is 0.540. The molecule has 0 saturated carbocycles. The molecule has 0 spiro atoms. The minimum atomic E-state index is 0.609. The standard InChI is InChI=1S/C6H6BrCl2/c1-5(7)2-3-6(9)4-8/h2,4H,1,3H2. The van der Waals surface area contributed by atoms with Crippen molar-refractivity contribution >= 4 is 39.1 Å². The van der Waals surface area contributed by atoms with Crippen molar-refractivity contribution in [3.63, 3.8) is 0 Å². The third kappa shape index (κ3) is 6.42. The lowest BCUT2D eigenvalue weighted by Crippen LogP contribution is -1.73. The van der Waals surface area contributed by atoms with Crippen LogP contribution >= 0.6 is 39.1 Å². The van der Waals surface area contributed by atoms with E-state index in [0.717, 1.165) is 4.48 Å². The fourth-order valence-electron chi connectivity index (χ4n) is 0.253. The first-order chi connectivity index (χ1) is 4.16. The molecule has 0 aromatic heterocycles. The van der Waals surface area contributed by atoms with Crippen molar-refractivity contribution < 1.29 is 0 Å². The van der Waals surface area contributed by atoms with Gasteiger partial charge < -0.3 is 0 Å². The molecule has 0 bridgehead atoms. The monoisotopic (exact) mass is 227 g/mol. The molecular formula is C6H6BrCl2. The molecule has 0 aliphatic heterocycles. The van der Waals surface area contributed by atoms with Crippen LogP contribution in [0.2, 0.25) is 0 Å².